The van der Waals surface area contributed by atoms with Crippen molar-refractivity contribution in [1.29, 1.82) is 0 Å². The molecule has 0 aliphatic rings. The van der Waals surface area contributed by atoms with Gasteiger partial charge in [-0.2, -0.15) is 0 Å². The first-order chi connectivity index (χ1) is 11.7. The SMILES string of the molecule is CCOC(Cc1ccnc(OCCOc2ccccc2)c1)C(=O)O. The maximum absolute atomic E-state index is 11.1. The number of carboxylic acids is 1. The Hall–Kier alpha value is -2.60. The lowest BCUT2D eigenvalue weighted by Gasteiger charge is -2.13. The Kier molecular flexibility index (Phi) is 7.04. The van der Waals surface area contributed by atoms with E-state index >= 15 is 0 Å². The molecule has 0 bridgehead atoms. The molecule has 0 aliphatic carbocycles. The number of benzene rings is 1. The third-order valence-electron chi connectivity index (χ3n) is 3.21. The fraction of sp³-hybridized carbons (Fsp3) is 0.333. The van der Waals surface area contributed by atoms with Crippen LogP contribution in [0.2, 0.25) is 0 Å². The van der Waals surface area contributed by atoms with Crippen LogP contribution in [0.3, 0.4) is 0 Å². The number of para-hydroxylation sites is 1. The predicted molar refractivity (Wildman–Crippen MR) is 88.4 cm³/mol. The molecule has 1 aromatic heterocycles. The number of nitrogens with zero attached hydrogens (tertiary/aromatic N) is 1. The molecule has 6 heteroatoms. The Morgan fingerprint density at radius 1 is 1.17 bits per heavy atom. The average molecular weight is 331 g/mol. The van der Waals surface area contributed by atoms with Crippen molar-refractivity contribution in [2.24, 2.45) is 0 Å². The number of hydrogen-bond donors (Lipinski definition) is 1. The van der Waals surface area contributed by atoms with Crippen molar-refractivity contribution in [2.45, 2.75) is 19.4 Å². The van der Waals surface area contributed by atoms with Crippen molar-refractivity contribution in [1.82, 2.24) is 4.98 Å². The number of carboxylic acid groups (broad SMARTS) is 1. The molecule has 1 unspecified atom stereocenters. The van der Waals surface area contributed by atoms with Crippen molar-refractivity contribution in [3.05, 3.63) is 54.2 Å². The molecule has 1 atom stereocenters. The quantitative estimate of drug-likeness (QED) is 0.674. The molecule has 2 rings (SSSR count). The van der Waals surface area contributed by atoms with E-state index in [0.717, 1.165) is 11.3 Å². The van der Waals surface area contributed by atoms with Crippen molar-refractivity contribution in [2.75, 3.05) is 19.8 Å². The monoisotopic (exact) mass is 331 g/mol. The van der Waals surface area contributed by atoms with Crippen molar-refractivity contribution in [3.63, 3.8) is 0 Å². The van der Waals surface area contributed by atoms with Crippen LogP contribution in [0.4, 0.5) is 0 Å². The molecule has 0 spiro atoms. The van der Waals surface area contributed by atoms with E-state index in [2.05, 4.69) is 4.98 Å². The summed E-state index contributed by atoms with van der Waals surface area (Å²) < 4.78 is 16.3. The molecular weight excluding hydrogens is 310 g/mol. The van der Waals surface area contributed by atoms with Crippen molar-refractivity contribution in [3.8, 4) is 11.6 Å². The summed E-state index contributed by atoms with van der Waals surface area (Å²) in [6.07, 6.45) is 0.988. The lowest BCUT2D eigenvalue weighted by atomic mass is 10.1. The van der Waals surface area contributed by atoms with Gasteiger partial charge in [-0.15, -0.1) is 0 Å². The van der Waals surface area contributed by atoms with Crippen LogP contribution in [0.25, 0.3) is 0 Å². The summed E-state index contributed by atoms with van der Waals surface area (Å²) in [5, 5.41) is 9.13. The number of ether oxygens (including phenoxy) is 3. The number of aromatic nitrogens is 1. The number of carbonyl (C=O) groups is 1. The van der Waals surface area contributed by atoms with Crippen LogP contribution in [0.1, 0.15) is 12.5 Å². The van der Waals surface area contributed by atoms with Gasteiger partial charge >= 0.3 is 5.97 Å². The van der Waals surface area contributed by atoms with Crippen LogP contribution in [-0.4, -0.2) is 42.0 Å². The second-order valence-corrected chi connectivity index (χ2v) is 5.00. The predicted octanol–water partition coefficient (Wildman–Crippen LogP) is 2.57. The van der Waals surface area contributed by atoms with Crippen LogP contribution in [0, 0.1) is 0 Å². The molecule has 24 heavy (non-hydrogen) atoms. The van der Waals surface area contributed by atoms with E-state index < -0.39 is 12.1 Å². The van der Waals surface area contributed by atoms with Crippen molar-refractivity contribution >= 4 is 5.97 Å². The first kappa shape index (κ1) is 17.7. The maximum Gasteiger partial charge on any atom is 0.333 e. The van der Waals surface area contributed by atoms with E-state index in [1.54, 1.807) is 25.3 Å². The molecule has 6 nitrogen and oxygen atoms in total. The number of aliphatic carboxylic acids is 1. The topological polar surface area (TPSA) is 77.9 Å². The highest BCUT2D eigenvalue weighted by Gasteiger charge is 2.18. The normalized spacial score (nSPS) is 11.7. The summed E-state index contributed by atoms with van der Waals surface area (Å²) in [5.74, 6) is 0.237. The zero-order chi connectivity index (χ0) is 17.2. The Balaban J connectivity index is 1.82. The third-order valence-corrected chi connectivity index (χ3v) is 3.21. The molecule has 128 valence electrons. The van der Waals surface area contributed by atoms with Gasteiger partial charge in [-0.1, -0.05) is 18.2 Å². The Morgan fingerprint density at radius 2 is 1.92 bits per heavy atom. The summed E-state index contributed by atoms with van der Waals surface area (Å²) >= 11 is 0. The fourth-order valence-corrected chi connectivity index (χ4v) is 2.11. The van der Waals surface area contributed by atoms with Gasteiger partial charge in [0.15, 0.2) is 6.10 Å². The molecule has 1 heterocycles. The third kappa shape index (κ3) is 5.89. The largest absolute Gasteiger partial charge is 0.490 e. The number of pyridine rings is 1. The van der Waals surface area contributed by atoms with Gasteiger partial charge in [-0.05, 0) is 30.7 Å². The molecule has 1 aromatic carbocycles. The maximum atomic E-state index is 11.1. The minimum absolute atomic E-state index is 0.266. The van der Waals surface area contributed by atoms with Gasteiger partial charge in [0.05, 0.1) is 0 Å². The van der Waals surface area contributed by atoms with E-state index in [0.29, 0.717) is 25.7 Å². The summed E-state index contributed by atoms with van der Waals surface area (Å²) in [7, 11) is 0. The van der Waals surface area contributed by atoms with Crippen molar-refractivity contribution < 1.29 is 24.1 Å². The molecule has 2 aromatic rings. The number of hydrogen-bond acceptors (Lipinski definition) is 5. The Morgan fingerprint density at radius 3 is 2.62 bits per heavy atom. The van der Waals surface area contributed by atoms with Crippen LogP contribution in [0.5, 0.6) is 11.6 Å². The number of rotatable bonds is 10. The van der Waals surface area contributed by atoms with E-state index in [9.17, 15) is 4.79 Å². The molecule has 1 N–H and O–H groups in total. The Bertz CT molecular complexity index is 632. The highest BCUT2D eigenvalue weighted by molar-refractivity contribution is 5.72. The van der Waals surface area contributed by atoms with Crippen LogP contribution in [-0.2, 0) is 16.0 Å². The summed E-state index contributed by atoms with van der Waals surface area (Å²) in [5.41, 5.74) is 0.796. The second-order valence-electron chi connectivity index (χ2n) is 5.00. The van der Waals surface area contributed by atoms with Gasteiger partial charge in [0.25, 0.3) is 0 Å². The fourth-order valence-electron chi connectivity index (χ4n) is 2.11. The average Bonchev–Trinajstić information content (AvgIpc) is 2.59. The minimum Gasteiger partial charge on any atom is -0.490 e. The lowest BCUT2D eigenvalue weighted by Crippen LogP contribution is -2.26. The van der Waals surface area contributed by atoms with E-state index in [4.69, 9.17) is 19.3 Å². The highest BCUT2D eigenvalue weighted by Crippen LogP contribution is 2.13. The van der Waals surface area contributed by atoms with E-state index in [1.165, 1.54) is 0 Å². The highest BCUT2D eigenvalue weighted by atomic mass is 16.5. The minimum atomic E-state index is -0.979. The van der Waals surface area contributed by atoms with Gasteiger partial charge in [-0.25, -0.2) is 9.78 Å². The zero-order valence-corrected chi connectivity index (χ0v) is 13.6. The molecule has 0 amide bonds. The standard InChI is InChI=1S/C18H21NO5/c1-2-22-16(18(20)21)12-14-8-9-19-17(13-14)24-11-10-23-15-6-4-3-5-7-15/h3-9,13,16H,2,10-12H2,1H3,(H,20,21). The molecular formula is C18H21NO5. The summed E-state index contributed by atoms with van der Waals surface area (Å²) in [6.45, 7) is 2.86. The van der Waals surface area contributed by atoms with Gasteiger partial charge in [0.2, 0.25) is 5.88 Å². The summed E-state index contributed by atoms with van der Waals surface area (Å²) in [6, 6.07) is 12.9. The van der Waals surface area contributed by atoms with Crippen LogP contribution in [0.15, 0.2) is 48.7 Å². The molecule has 0 saturated carbocycles. The first-order valence-electron chi connectivity index (χ1n) is 7.79. The summed E-state index contributed by atoms with van der Waals surface area (Å²) in [4.78, 5) is 15.3. The van der Waals surface area contributed by atoms with Crippen LogP contribution < -0.4 is 9.47 Å². The zero-order valence-electron chi connectivity index (χ0n) is 13.6. The lowest BCUT2D eigenvalue weighted by molar-refractivity contribution is -0.149. The van der Waals surface area contributed by atoms with Gasteiger partial charge in [0.1, 0.15) is 19.0 Å². The molecule has 0 fully saturated rings. The Labute approximate surface area is 141 Å². The van der Waals surface area contributed by atoms with Gasteiger partial charge in [0, 0.05) is 25.3 Å². The van der Waals surface area contributed by atoms with Gasteiger partial charge in [-0.3, -0.25) is 0 Å². The molecule has 0 aliphatic heterocycles. The molecule has 0 radical (unpaired) electrons. The molecule has 0 saturated heterocycles. The first-order valence-corrected chi connectivity index (χ1v) is 7.79. The van der Waals surface area contributed by atoms with E-state index in [-0.39, 0.29) is 6.42 Å². The second kappa shape index (κ2) is 9.52. The van der Waals surface area contributed by atoms with Gasteiger partial charge < -0.3 is 19.3 Å². The van der Waals surface area contributed by atoms with E-state index in [1.807, 2.05) is 30.3 Å². The smallest absolute Gasteiger partial charge is 0.333 e. The van der Waals surface area contributed by atoms with Crippen LogP contribution >= 0.6 is 0 Å².